The summed E-state index contributed by atoms with van der Waals surface area (Å²) >= 11 is 0. The zero-order valence-corrected chi connectivity index (χ0v) is 12.8. The van der Waals surface area contributed by atoms with Crippen LogP contribution in [0.25, 0.3) is 0 Å². The maximum Gasteiger partial charge on any atom is 0.328 e. The monoisotopic (exact) mass is 294 g/mol. The lowest BCUT2D eigenvalue weighted by Gasteiger charge is -2.45. The highest BCUT2D eigenvalue weighted by Crippen LogP contribution is 2.44. The van der Waals surface area contributed by atoms with Crippen molar-refractivity contribution in [2.75, 3.05) is 13.7 Å². The van der Waals surface area contributed by atoms with Gasteiger partial charge in [-0.15, -0.1) is 0 Å². The number of aliphatic hydroxyl groups is 1. The molecule has 0 fully saturated rings. The van der Waals surface area contributed by atoms with Crippen molar-refractivity contribution < 1.29 is 24.5 Å². The summed E-state index contributed by atoms with van der Waals surface area (Å²) in [5.74, 6) is -1.10. The highest BCUT2D eigenvalue weighted by molar-refractivity contribution is 5.93. The van der Waals surface area contributed by atoms with Crippen LogP contribution in [0.5, 0.6) is 0 Å². The summed E-state index contributed by atoms with van der Waals surface area (Å²) < 4.78 is 5.17. The Morgan fingerprint density at radius 1 is 1.52 bits per heavy atom. The number of hydrogen-bond donors (Lipinski definition) is 2. The van der Waals surface area contributed by atoms with Gasteiger partial charge in [-0.2, -0.15) is 0 Å². The number of hydrogen-bond acceptors (Lipinski definition) is 4. The molecule has 1 aliphatic rings. The van der Waals surface area contributed by atoms with Gasteiger partial charge in [0.05, 0.1) is 6.61 Å². The second-order valence-corrected chi connectivity index (χ2v) is 5.79. The maximum atomic E-state index is 11.8. The van der Waals surface area contributed by atoms with Crippen LogP contribution in [0.15, 0.2) is 35.5 Å². The fourth-order valence-corrected chi connectivity index (χ4v) is 2.71. The summed E-state index contributed by atoms with van der Waals surface area (Å²) in [5.41, 5.74) is -1.12. The average molecular weight is 294 g/mol. The molecule has 5 heteroatoms. The Labute approximate surface area is 124 Å². The summed E-state index contributed by atoms with van der Waals surface area (Å²) in [5, 5.41) is 19.7. The van der Waals surface area contributed by atoms with E-state index in [1.54, 1.807) is 32.9 Å². The summed E-state index contributed by atoms with van der Waals surface area (Å²) in [7, 11) is 1.52. The second-order valence-electron chi connectivity index (χ2n) is 5.79. The van der Waals surface area contributed by atoms with Gasteiger partial charge in [0.2, 0.25) is 0 Å². The highest BCUT2D eigenvalue weighted by atomic mass is 16.5. The van der Waals surface area contributed by atoms with E-state index in [1.165, 1.54) is 13.2 Å². The van der Waals surface area contributed by atoms with Crippen molar-refractivity contribution in [2.45, 2.75) is 32.8 Å². The number of allylic oxidation sites excluding steroid dienone is 3. The standard InChI is InChI=1S/C16H22O5/c1-11(7-14(18)19)5-6-16(20)12(2)8-13(17)9-15(16,3)10-21-4/h5-8,20H,9-10H2,1-4H3,(H,18,19)/b6-5+,11-7-/t15-,16-/m1/s1. The average Bonchev–Trinajstić information content (AvgIpc) is 2.33. The van der Waals surface area contributed by atoms with Crippen molar-refractivity contribution in [3.63, 3.8) is 0 Å². The normalized spacial score (nSPS) is 30.6. The van der Waals surface area contributed by atoms with E-state index in [0.29, 0.717) is 11.1 Å². The molecule has 1 aliphatic carbocycles. The van der Waals surface area contributed by atoms with Gasteiger partial charge in [-0.3, -0.25) is 4.79 Å². The lowest BCUT2D eigenvalue weighted by molar-refractivity contribution is -0.131. The van der Waals surface area contributed by atoms with Gasteiger partial charge in [-0.1, -0.05) is 13.0 Å². The fourth-order valence-electron chi connectivity index (χ4n) is 2.71. The minimum Gasteiger partial charge on any atom is -0.478 e. The molecular weight excluding hydrogens is 272 g/mol. The first-order chi connectivity index (χ1) is 9.64. The molecule has 2 N–H and O–H groups in total. The molecule has 0 radical (unpaired) electrons. The molecule has 0 saturated heterocycles. The fraction of sp³-hybridized carbons (Fsp3) is 0.500. The van der Waals surface area contributed by atoms with E-state index < -0.39 is 17.0 Å². The molecular formula is C16H22O5. The van der Waals surface area contributed by atoms with Crippen LogP contribution in [0.4, 0.5) is 0 Å². The zero-order chi connectivity index (χ0) is 16.3. The van der Waals surface area contributed by atoms with Crippen molar-refractivity contribution in [1.82, 2.24) is 0 Å². The molecule has 116 valence electrons. The number of ketones is 1. The van der Waals surface area contributed by atoms with E-state index in [0.717, 1.165) is 6.08 Å². The van der Waals surface area contributed by atoms with Gasteiger partial charge in [-0.05, 0) is 37.1 Å². The number of rotatable bonds is 5. The van der Waals surface area contributed by atoms with E-state index in [2.05, 4.69) is 0 Å². The minimum absolute atomic E-state index is 0.0528. The van der Waals surface area contributed by atoms with Crippen molar-refractivity contribution >= 4 is 11.8 Å². The number of carbonyl (C=O) groups excluding carboxylic acids is 1. The lowest BCUT2D eigenvalue weighted by Crippen LogP contribution is -2.52. The first-order valence-corrected chi connectivity index (χ1v) is 6.68. The Kier molecular flexibility index (Phi) is 5.25. The Hall–Kier alpha value is -1.72. The van der Waals surface area contributed by atoms with E-state index in [9.17, 15) is 14.7 Å². The molecule has 1 rings (SSSR count). The van der Waals surface area contributed by atoms with Crippen LogP contribution in [0.2, 0.25) is 0 Å². The number of aliphatic carboxylic acids is 1. The molecule has 0 amide bonds. The summed E-state index contributed by atoms with van der Waals surface area (Å²) in [6.45, 7) is 5.32. The zero-order valence-electron chi connectivity index (χ0n) is 12.8. The van der Waals surface area contributed by atoms with Gasteiger partial charge < -0.3 is 14.9 Å². The van der Waals surface area contributed by atoms with Crippen LogP contribution >= 0.6 is 0 Å². The van der Waals surface area contributed by atoms with Crippen molar-refractivity contribution in [1.29, 1.82) is 0 Å². The third-order valence-corrected chi connectivity index (χ3v) is 3.86. The Morgan fingerprint density at radius 3 is 2.67 bits per heavy atom. The predicted octanol–water partition coefficient (Wildman–Crippen LogP) is 1.88. The van der Waals surface area contributed by atoms with Crippen LogP contribution in [-0.4, -0.2) is 41.3 Å². The smallest absolute Gasteiger partial charge is 0.328 e. The van der Waals surface area contributed by atoms with Gasteiger partial charge >= 0.3 is 5.97 Å². The molecule has 5 nitrogen and oxygen atoms in total. The highest BCUT2D eigenvalue weighted by Gasteiger charge is 2.50. The molecule has 0 saturated carbocycles. The molecule has 0 bridgehead atoms. The SMILES string of the molecule is COC[C@@]1(C)CC(=O)C=C(C)[C@]1(O)/C=C/C(C)=C\C(=O)O. The number of carboxylic acids is 1. The molecule has 0 aliphatic heterocycles. The third kappa shape index (κ3) is 3.68. The third-order valence-electron chi connectivity index (χ3n) is 3.86. The van der Waals surface area contributed by atoms with Crippen molar-refractivity contribution in [2.24, 2.45) is 5.41 Å². The molecule has 0 aromatic rings. The summed E-state index contributed by atoms with van der Waals surface area (Å²) in [6.07, 6.45) is 5.74. The summed E-state index contributed by atoms with van der Waals surface area (Å²) in [4.78, 5) is 22.4. The Morgan fingerprint density at radius 2 is 2.14 bits per heavy atom. The van der Waals surface area contributed by atoms with Crippen molar-refractivity contribution in [3.8, 4) is 0 Å². The molecule has 0 aromatic heterocycles. The molecule has 0 aromatic carbocycles. The van der Waals surface area contributed by atoms with Crippen LogP contribution in [0, 0.1) is 5.41 Å². The number of ether oxygens (including phenoxy) is 1. The van der Waals surface area contributed by atoms with Gasteiger partial charge in [0.25, 0.3) is 0 Å². The van der Waals surface area contributed by atoms with Crippen LogP contribution < -0.4 is 0 Å². The van der Waals surface area contributed by atoms with E-state index >= 15 is 0 Å². The first-order valence-electron chi connectivity index (χ1n) is 6.68. The molecule has 2 atom stereocenters. The lowest BCUT2D eigenvalue weighted by atomic mass is 9.63. The Bertz CT molecular complexity index is 529. The first kappa shape index (κ1) is 17.3. The molecule has 0 unspecified atom stereocenters. The van der Waals surface area contributed by atoms with Gasteiger partial charge in [0.15, 0.2) is 5.78 Å². The minimum atomic E-state index is -1.36. The largest absolute Gasteiger partial charge is 0.478 e. The van der Waals surface area contributed by atoms with E-state index in [4.69, 9.17) is 9.84 Å². The van der Waals surface area contributed by atoms with E-state index in [-0.39, 0.29) is 18.8 Å². The van der Waals surface area contributed by atoms with Gasteiger partial charge in [-0.25, -0.2) is 4.79 Å². The summed E-state index contributed by atoms with van der Waals surface area (Å²) in [6, 6.07) is 0. The van der Waals surface area contributed by atoms with Gasteiger partial charge in [0.1, 0.15) is 5.60 Å². The van der Waals surface area contributed by atoms with E-state index in [1.807, 2.05) is 0 Å². The topological polar surface area (TPSA) is 83.8 Å². The van der Waals surface area contributed by atoms with Crippen LogP contribution in [0.1, 0.15) is 27.2 Å². The molecule has 0 spiro atoms. The van der Waals surface area contributed by atoms with Crippen LogP contribution in [-0.2, 0) is 14.3 Å². The number of carboxylic acid groups (broad SMARTS) is 1. The Balaban J connectivity index is 3.24. The van der Waals surface area contributed by atoms with Crippen molar-refractivity contribution in [3.05, 3.63) is 35.5 Å². The number of carbonyl (C=O) groups is 2. The number of methoxy groups -OCH3 is 1. The molecule has 21 heavy (non-hydrogen) atoms. The maximum absolute atomic E-state index is 11.8. The predicted molar refractivity (Wildman–Crippen MR) is 78.8 cm³/mol. The van der Waals surface area contributed by atoms with Crippen LogP contribution in [0.3, 0.4) is 0 Å². The quantitative estimate of drug-likeness (QED) is 0.597. The second kappa shape index (κ2) is 6.37. The molecule has 0 heterocycles. The van der Waals surface area contributed by atoms with Gasteiger partial charge in [0, 0.05) is 25.0 Å².